The molecule has 0 fully saturated rings. The largest absolute Gasteiger partial charge is 1.00 e. The van der Waals surface area contributed by atoms with Gasteiger partial charge in [-0.1, -0.05) is 87.4 Å². The van der Waals surface area contributed by atoms with Gasteiger partial charge in [-0.15, -0.1) is 0 Å². The first-order valence-corrected chi connectivity index (χ1v) is 10.2. The van der Waals surface area contributed by atoms with Crippen LogP contribution in [0, 0.1) is 0 Å². The number of hydrogen-bond donors (Lipinski definition) is 0. The van der Waals surface area contributed by atoms with Crippen LogP contribution in [0.25, 0.3) is 0 Å². The van der Waals surface area contributed by atoms with Crippen molar-refractivity contribution in [3.8, 4) is 0 Å². The van der Waals surface area contributed by atoms with Crippen molar-refractivity contribution in [1.29, 1.82) is 0 Å². The van der Waals surface area contributed by atoms with E-state index in [1.165, 1.54) is 67.2 Å². The van der Waals surface area contributed by atoms with Gasteiger partial charge in [0.05, 0.1) is 13.1 Å². The zero-order valence-corrected chi connectivity index (χ0v) is 17.4. The van der Waals surface area contributed by atoms with Crippen molar-refractivity contribution in [3.05, 3.63) is 71.8 Å². The molecule has 0 aliphatic heterocycles. The minimum absolute atomic E-state index is 0. The lowest BCUT2D eigenvalue weighted by atomic mass is 10.1. The Hall–Kier alpha value is -1.31. The van der Waals surface area contributed by atoms with Crippen LogP contribution in [-0.4, -0.2) is 17.6 Å². The van der Waals surface area contributed by atoms with Gasteiger partial charge in [0.2, 0.25) is 0 Å². The van der Waals surface area contributed by atoms with Crippen molar-refractivity contribution in [2.24, 2.45) is 0 Å². The second-order valence-electron chi connectivity index (χ2n) is 7.49. The van der Waals surface area contributed by atoms with E-state index in [4.69, 9.17) is 0 Å². The third-order valence-corrected chi connectivity index (χ3v) is 5.19. The van der Waals surface area contributed by atoms with Crippen LogP contribution in [0.1, 0.15) is 63.5 Å². The maximum absolute atomic E-state index is 2.31. The number of rotatable bonds is 12. The smallest absolute Gasteiger partial charge is 0.105 e. The Labute approximate surface area is 167 Å². The van der Waals surface area contributed by atoms with E-state index >= 15 is 0 Å². The van der Waals surface area contributed by atoms with Crippen LogP contribution in [0.2, 0.25) is 0 Å². The maximum Gasteiger partial charge on any atom is 0.105 e. The summed E-state index contributed by atoms with van der Waals surface area (Å²) in [6.07, 6.45) is 7.95. The fourth-order valence-electron chi connectivity index (χ4n) is 3.82. The number of unbranched alkanes of at least 4 members (excludes halogenated alkanes) is 4. The molecule has 0 amide bonds. The molecular formula is C24H36ClN. The number of quaternary nitrogens is 1. The van der Waals surface area contributed by atoms with Gasteiger partial charge >= 0.3 is 0 Å². The molecule has 0 radical (unpaired) electrons. The molecule has 1 nitrogen and oxygen atoms in total. The lowest BCUT2D eigenvalue weighted by molar-refractivity contribution is -0.954. The minimum Gasteiger partial charge on any atom is -1.00 e. The monoisotopic (exact) mass is 373 g/mol. The predicted molar refractivity (Wildman–Crippen MR) is 109 cm³/mol. The summed E-state index contributed by atoms with van der Waals surface area (Å²) >= 11 is 0. The first kappa shape index (κ1) is 22.7. The van der Waals surface area contributed by atoms with E-state index in [-0.39, 0.29) is 12.4 Å². The molecule has 0 spiro atoms. The summed E-state index contributed by atoms with van der Waals surface area (Å²) in [5.74, 6) is 0. The Morgan fingerprint density at radius 3 is 1.31 bits per heavy atom. The van der Waals surface area contributed by atoms with Gasteiger partial charge in [-0.25, -0.2) is 0 Å². The highest BCUT2D eigenvalue weighted by Gasteiger charge is 2.27. The average molecular weight is 374 g/mol. The third kappa shape index (κ3) is 7.93. The Balaban J connectivity index is 0.00000338. The Kier molecular flexibility index (Phi) is 11.3. The average Bonchev–Trinajstić information content (AvgIpc) is 2.64. The molecule has 0 aromatic heterocycles. The number of hydrogen-bond acceptors (Lipinski definition) is 0. The van der Waals surface area contributed by atoms with Crippen LogP contribution < -0.4 is 12.4 Å². The van der Waals surface area contributed by atoms with Crippen molar-refractivity contribution >= 4 is 0 Å². The normalized spacial score (nSPS) is 11.2. The number of benzene rings is 2. The fraction of sp³-hybridized carbons (Fsp3) is 0.500. The Morgan fingerprint density at radius 1 is 0.577 bits per heavy atom. The highest BCUT2D eigenvalue weighted by molar-refractivity contribution is 5.15. The topological polar surface area (TPSA) is 0 Å². The molecule has 2 aromatic carbocycles. The summed E-state index contributed by atoms with van der Waals surface area (Å²) in [6, 6.07) is 22.2. The number of nitrogens with zero attached hydrogens (tertiary/aromatic N) is 1. The van der Waals surface area contributed by atoms with Crippen molar-refractivity contribution < 1.29 is 16.9 Å². The molecule has 144 valence electrons. The molecule has 2 rings (SSSR count). The van der Waals surface area contributed by atoms with Crippen molar-refractivity contribution in [2.75, 3.05) is 13.1 Å². The quantitative estimate of drug-likeness (QED) is 0.394. The lowest BCUT2D eigenvalue weighted by Crippen LogP contribution is -3.00. The molecule has 0 aliphatic rings. The molecule has 0 atom stereocenters. The van der Waals surface area contributed by atoms with Crippen LogP contribution in [0.4, 0.5) is 0 Å². The molecule has 0 saturated heterocycles. The molecule has 0 N–H and O–H groups in total. The molecule has 0 unspecified atom stereocenters. The van der Waals surface area contributed by atoms with Gasteiger partial charge in [-0.05, 0) is 25.7 Å². The van der Waals surface area contributed by atoms with Gasteiger partial charge in [0.1, 0.15) is 13.1 Å². The van der Waals surface area contributed by atoms with Crippen LogP contribution in [0.3, 0.4) is 0 Å². The molecule has 0 aliphatic carbocycles. The third-order valence-electron chi connectivity index (χ3n) is 5.19. The second-order valence-corrected chi connectivity index (χ2v) is 7.49. The van der Waals surface area contributed by atoms with E-state index in [2.05, 4.69) is 74.5 Å². The molecule has 0 heterocycles. The minimum atomic E-state index is 0. The summed E-state index contributed by atoms with van der Waals surface area (Å²) in [5, 5.41) is 0. The van der Waals surface area contributed by atoms with Crippen molar-refractivity contribution in [1.82, 2.24) is 0 Å². The zero-order chi connectivity index (χ0) is 17.8. The summed E-state index contributed by atoms with van der Waals surface area (Å²) < 4.78 is 1.20. The Morgan fingerprint density at radius 2 is 0.962 bits per heavy atom. The van der Waals surface area contributed by atoms with Crippen LogP contribution >= 0.6 is 0 Å². The highest BCUT2D eigenvalue weighted by atomic mass is 35.5. The van der Waals surface area contributed by atoms with E-state index in [9.17, 15) is 0 Å². The molecule has 26 heavy (non-hydrogen) atoms. The molecule has 2 heteroatoms. The van der Waals surface area contributed by atoms with Gasteiger partial charge in [0, 0.05) is 11.1 Å². The molecular weight excluding hydrogens is 338 g/mol. The second kappa shape index (κ2) is 12.9. The predicted octanol–water partition coefficient (Wildman–Crippen LogP) is 3.59. The van der Waals surface area contributed by atoms with E-state index < -0.39 is 0 Å². The lowest BCUT2D eigenvalue weighted by Gasteiger charge is -2.39. The van der Waals surface area contributed by atoms with E-state index in [1.807, 2.05) is 0 Å². The standard InChI is InChI=1S/C24H36N.ClH/c1-3-5-13-19-25(20-14-6-4-2,21-23-15-9-7-10-16-23)22-24-17-11-8-12-18-24;/h7-12,15-18H,3-6,13-14,19-22H2,1-2H3;1H/q+1;/p-1. The van der Waals surface area contributed by atoms with Gasteiger partial charge in [0.15, 0.2) is 0 Å². The van der Waals surface area contributed by atoms with Crippen LogP contribution in [0.15, 0.2) is 60.7 Å². The zero-order valence-electron chi connectivity index (χ0n) is 16.7. The van der Waals surface area contributed by atoms with E-state index in [0.717, 1.165) is 13.1 Å². The van der Waals surface area contributed by atoms with Crippen molar-refractivity contribution in [2.45, 2.75) is 65.5 Å². The fourth-order valence-corrected chi connectivity index (χ4v) is 3.82. The summed E-state index contributed by atoms with van der Waals surface area (Å²) in [6.45, 7) is 9.51. The highest BCUT2D eigenvalue weighted by Crippen LogP contribution is 2.23. The van der Waals surface area contributed by atoms with Crippen LogP contribution in [0.5, 0.6) is 0 Å². The van der Waals surface area contributed by atoms with Gasteiger partial charge in [-0.2, -0.15) is 0 Å². The van der Waals surface area contributed by atoms with Crippen LogP contribution in [-0.2, 0) is 13.1 Å². The number of halogens is 1. The van der Waals surface area contributed by atoms with Gasteiger partial charge in [-0.3, -0.25) is 0 Å². The Bertz CT molecular complexity index is 514. The first-order valence-electron chi connectivity index (χ1n) is 10.2. The van der Waals surface area contributed by atoms with Gasteiger partial charge < -0.3 is 16.9 Å². The van der Waals surface area contributed by atoms with E-state index in [0.29, 0.717) is 0 Å². The summed E-state index contributed by atoms with van der Waals surface area (Å²) in [5.41, 5.74) is 2.96. The van der Waals surface area contributed by atoms with Crippen molar-refractivity contribution in [3.63, 3.8) is 0 Å². The molecule has 2 aromatic rings. The SMILES string of the molecule is CCCCC[N+](CCCCC)(Cc1ccccc1)Cc1ccccc1.[Cl-]. The molecule has 0 bridgehead atoms. The summed E-state index contributed by atoms with van der Waals surface area (Å²) in [4.78, 5) is 0. The first-order chi connectivity index (χ1) is 12.3. The molecule has 0 saturated carbocycles. The van der Waals surface area contributed by atoms with Gasteiger partial charge in [0.25, 0.3) is 0 Å². The summed E-state index contributed by atoms with van der Waals surface area (Å²) in [7, 11) is 0. The maximum atomic E-state index is 2.31. The van der Waals surface area contributed by atoms with E-state index in [1.54, 1.807) is 0 Å².